The first-order chi connectivity index (χ1) is 17.1. The van der Waals surface area contributed by atoms with Crippen molar-refractivity contribution < 1.29 is 4.39 Å². The van der Waals surface area contributed by atoms with Crippen molar-refractivity contribution >= 4 is 5.69 Å². The van der Waals surface area contributed by atoms with Crippen molar-refractivity contribution in [3.8, 4) is 0 Å². The third-order valence-electron chi connectivity index (χ3n) is 7.58. The van der Waals surface area contributed by atoms with Crippen LogP contribution in [0.15, 0.2) is 48.5 Å². The number of nitrogens with zero attached hydrogens (tertiary/aromatic N) is 7. The number of tetrazole rings is 1. The fraction of sp³-hybridized carbons (Fsp3) is 0.519. The van der Waals surface area contributed by atoms with E-state index in [2.05, 4.69) is 68.6 Å². The zero-order valence-electron chi connectivity index (χ0n) is 20.9. The van der Waals surface area contributed by atoms with E-state index in [1.807, 2.05) is 4.68 Å². The quantitative estimate of drug-likeness (QED) is 0.513. The molecule has 1 saturated carbocycles. The first-order valence-corrected chi connectivity index (χ1v) is 12.8. The van der Waals surface area contributed by atoms with Gasteiger partial charge < -0.3 is 4.90 Å². The first kappa shape index (κ1) is 23.9. The Balaban J connectivity index is 1.40. The molecule has 2 aromatic carbocycles. The highest BCUT2D eigenvalue weighted by Gasteiger charge is 2.32. The molecule has 2 aliphatic rings. The number of benzene rings is 2. The molecule has 2 fully saturated rings. The van der Waals surface area contributed by atoms with Gasteiger partial charge in [-0.05, 0) is 58.7 Å². The second-order valence-electron chi connectivity index (χ2n) is 10.1. The van der Waals surface area contributed by atoms with Gasteiger partial charge in [-0.15, -0.1) is 5.10 Å². The number of halogens is 1. The summed E-state index contributed by atoms with van der Waals surface area (Å²) in [5, 5.41) is 12.9. The number of hydrogen-bond acceptors (Lipinski definition) is 6. The van der Waals surface area contributed by atoms with E-state index in [4.69, 9.17) is 0 Å². The van der Waals surface area contributed by atoms with Gasteiger partial charge in [0.15, 0.2) is 5.82 Å². The monoisotopic (exact) mass is 477 g/mol. The van der Waals surface area contributed by atoms with E-state index >= 15 is 0 Å². The average molecular weight is 478 g/mol. The van der Waals surface area contributed by atoms with Gasteiger partial charge in [0, 0.05) is 52.0 Å². The number of hydrogen-bond donors (Lipinski definition) is 0. The molecule has 0 spiro atoms. The maximum atomic E-state index is 13.4. The molecule has 0 bridgehead atoms. The molecule has 2 heterocycles. The predicted octanol–water partition coefficient (Wildman–Crippen LogP) is 3.97. The highest BCUT2D eigenvalue weighted by molar-refractivity contribution is 5.47. The van der Waals surface area contributed by atoms with E-state index < -0.39 is 0 Å². The van der Waals surface area contributed by atoms with Gasteiger partial charge >= 0.3 is 0 Å². The van der Waals surface area contributed by atoms with Crippen LogP contribution in [0.1, 0.15) is 55.1 Å². The van der Waals surface area contributed by atoms with Crippen LogP contribution in [0, 0.1) is 5.82 Å². The lowest BCUT2D eigenvalue weighted by molar-refractivity contribution is 0.0620. The number of rotatable bonds is 7. The Morgan fingerprint density at radius 2 is 1.60 bits per heavy atom. The summed E-state index contributed by atoms with van der Waals surface area (Å²) in [5.74, 6) is 0.596. The van der Waals surface area contributed by atoms with Crippen LogP contribution in [-0.4, -0.2) is 76.3 Å². The van der Waals surface area contributed by atoms with Crippen LogP contribution in [0.2, 0.25) is 0 Å². The summed E-state index contributed by atoms with van der Waals surface area (Å²) in [7, 11) is 4.11. The van der Waals surface area contributed by atoms with E-state index in [0.29, 0.717) is 6.54 Å². The van der Waals surface area contributed by atoms with Crippen LogP contribution in [0.5, 0.6) is 0 Å². The standard InChI is InChI=1S/C27H36FN7/c1-32(2)24-14-10-22(11-15-24)26(34-18-16-33(17-19-34)25-6-4-3-5-7-25)27-29-30-31-35(27)20-21-8-12-23(28)13-9-21/h8-15,25-26H,3-7,16-20H2,1-2H3/t26-/m0/s1. The minimum Gasteiger partial charge on any atom is -0.378 e. The van der Waals surface area contributed by atoms with Gasteiger partial charge in [-0.3, -0.25) is 9.80 Å². The largest absolute Gasteiger partial charge is 0.378 e. The molecule has 0 N–H and O–H groups in total. The molecule has 0 unspecified atom stereocenters. The zero-order chi connectivity index (χ0) is 24.2. The Morgan fingerprint density at radius 3 is 2.26 bits per heavy atom. The fourth-order valence-electron chi connectivity index (χ4n) is 5.57. The second-order valence-corrected chi connectivity index (χ2v) is 10.1. The summed E-state index contributed by atoms with van der Waals surface area (Å²) in [4.78, 5) is 7.33. The topological polar surface area (TPSA) is 53.3 Å². The van der Waals surface area contributed by atoms with Gasteiger partial charge in [0.25, 0.3) is 0 Å². The van der Waals surface area contributed by atoms with E-state index in [1.54, 1.807) is 12.1 Å². The Hall–Kier alpha value is -2.84. The van der Waals surface area contributed by atoms with E-state index in [-0.39, 0.29) is 11.9 Å². The Kier molecular flexibility index (Phi) is 7.39. The molecule has 1 saturated heterocycles. The van der Waals surface area contributed by atoms with Crippen molar-refractivity contribution in [3.05, 3.63) is 71.3 Å². The third-order valence-corrected chi connectivity index (χ3v) is 7.58. The molecule has 5 rings (SSSR count). The summed E-state index contributed by atoms with van der Waals surface area (Å²) >= 11 is 0. The molecule has 1 aromatic heterocycles. The Labute approximate surface area is 207 Å². The van der Waals surface area contributed by atoms with Crippen LogP contribution in [0.3, 0.4) is 0 Å². The molecule has 0 amide bonds. The number of aromatic nitrogens is 4. The minimum absolute atomic E-state index is 0.0323. The van der Waals surface area contributed by atoms with Crippen molar-refractivity contribution in [1.29, 1.82) is 0 Å². The zero-order valence-corrected chi connectivity index (χ0v) is 20.9. The van der Waals surface area contributed by atoms with E-state index in [1.165, 1.54) is 55.5 Å². The van der Waals surface area contributed by atoms with Crippen LogP contribution >= 0.6 is 0 Å². The first-order valence-electron chi connectivity index (χ1n) is 12.8. The molecule has 7 nitrogen and oxygen atoms in total. The highest BCUT2D eigenvalue weighted by Crippen LogP contribution is 2.31. The van der Waals surface area contributed by atoms with Crippen molar-refractivity contribution in [3.63, 3.8) is 0 Å². The van der Waals surface area contributed by atoms with Gasteiger partial charge in [0.1, 0.15) is 5.82 Å². The van der Waals surface area contributed by atoms with Crippen LogP contribution in [0.4, 0.5) is 10.1 Å². The molecule has 35 heavy (non-hydrogen) atoms. The molecular formula is C27H36FN7. The normalized spacial score (nSPS) is 19.1. The van der Waals surface area contributed by atoms with Gasteiger partial charge in [-0.25, -0.2) is 9.07 Å². The summed E-state index contributed by atoms with van der Waals surface area (Å²) in [5.41, 5.74) is 3.33. The lowest BCUT2D eigenvalue weighted by atomic mass is 9.93. The lowest BCUT2D eigenvalue weighted by Crippen LogP contribution is -2.52. The average Bonchev–Trinajstić information content (AvgIpc) is 3.34. The smallest absolute Gasteiger partial charge is 0.173 e. The molecule has 1 aliphatic heterocycles. The maximum Gasteiger partial charge on any atom is 0.173 e. The van der Waals surface area contributed by atoms with Crippen molar-refractivity contribution in [2.45, 2.75) is 50.7 Å². The molecule has 0 radical (unpaired) electrons. The minimum atomic E-state index is -0.236. The van der Waals surface area contributed by atoms with Crippen molar-refractivity contribution in [1.82, 2.24) is 30.0 Å². The van der Waals surface area contributed by atoms with Gasteiger partial charge in [-0.1, -0.05) is 43.5 Å². The van der Waals surface area contributed by atoms with Crippen LogP contribution in [0.25, 0.3) is 0 Å². The second kappa shape index (κ2) is 10.8. The Morgan fingerprint density at radius 1 is 0.914 bits per heavy atom. The summed E-state index contributed by atoms with van der Waals surface area (Å²) in [6.07, 6.45) is 6.79. The molecule has 3 aromatic rings. The van der Waals surface area contributed by atoms with Crippen LogP contribution < -0.4 is 4.90 Å². The van der Waals surface area contributed by atoms with E-state index in [0.717, 1.165) is 43.6 Å². The van der Waals surface area contributed by atoms with Crippen molar-refractivity contribution in [2.75, 3.05) is 45.2 Å². The number of piperazine rings is 1. The summed E-state index contributed by atoms with van der Waals surface area (Å²) < 4.78 is 15.3. The third kappa shape index (κ3) is 5.54. The lowest BCUT2D eigenvalue weighted by Gasteiger charge is -2.43. The molecule has 1 atom stereocenters. The van der Waals surface area contributed by atoms with Gasteiger partial charge in [0.2, 0.25) is 0 Å². The number of anilines is 1. The summed E-state index contributed by atoms with van der Waals surface area (Å²) in [6.45, 7) is 4.64. The fourth-order valence-corrected chi connectivity index (χ4v) is 5.57. The van der Waals surface area contributed by atoms with Crippen molar-refractivity contribution in [2.24, 2.45) is 0 Å². The molecule has 186 valence electrons. The van der Waals surface area contributed by atoms with E-state index in [9.17, 15) is 4.39 Å². The molecular weight excluding hydrogens is 441 g/mol. The molecule has 8 heteroatoms. The van der Waals surface area contributed by atoms with Gasteiger partial charge in [0.05, 0.1) is 12.6 Å². The summed E-state index contributed by atoms with van der Waals surface area (Å²) in [6, 6.07) is 16.0. The maximum absolute atomic E-state index is 13.4. The highest BCUT2D eigenvalue weighted by atomic mass is 19.1. The molecule has 1 aliphatic carbocycles. The van der Waals surface area contributed by atoms with Gasteiger partial charge in [-0.2, -0.15) is 0 Å². The Bertz CT molecular complexity index is 1070. The predicted molar refractivity (Wildman–Crippen MR) is 136 cm³/mol. The SMILES string of the molecule is CN(C)c1ccc([C@@H](c2nnnn2Cc2ccc(F)cc2)N2CCN(C3CCCCC3)CC2)cc1. The van der Waals surface area contributed by atoms with Crippen LogP contribution in [-0.2, 0) is 6.54 Å².